The van der Waals surface area contributed by atoms with Gasteiger partial charge in [0.2, 0.25) is 10.0 Å². The number of halogens is 1. The molecule has 0 heterocycles. The van der Waals surface area contributed by atoms with E-state index in [0.29, 0.717) is 11.4 Å². The molecular weight excluding hydrogens is 426 g/mol. The third-order valence-electron chi connectivity index (χ3n) is 3.78. The van der Waals surface area contributed by atoms with Crippen LogP contribution in [-0.4, -0.2) is 34.4 Å². The van der Waals surface area contributed by atoms with Gasteiger partial charge in [-0.25, -0.2) is 8.42 Å². The normalized spacial score (nSPS) is 13.2. The van der Waals surface area contributed by atoms with Gasteiger partial charge in [0.05, 0.1) is 10.8 Å². The van der Waals surface area contributed by atoms with Crippen LogP contribution in [0.15, 0.2) is 64.0 Å². The lowest BCUT2D eigenvalue weighted by atomic mass is 10.0. The number of likely N-dealkylation sites (N-methyl/N-ethyl adjacent to an activating group) is 1. The van der Waals surface area contributed by atoms with E-state index in [0.717, 1.165) is 10.0 Å². The number of sulfonamides is 1. The fourth-order valence-electron chi connectivity index (χ4n) is 2.36. The van der Waals surface area contributed by atoms with E-state index >= 15 is 0 Å². The van der Waals surface area contributed by atoms with E-state index in [9.17, 15) is 8.42 Å². The SMILES string of the molecule is CN(C[C@H](C#C[Si](C)(C)C)c1ccc(Br)cc1)S(=O)(=O)c1ccccc1. The number of hydrogen-bond donors (Lipinski definition) is 0. The zero-order chi connectivity index (χ0) is 19.4. The maximum atomic E-state index is 12.8. The molecule has 2 rings (SSSR count). The summed E-state index contributed by atoms with van der Waals surface area (Å²) >= 11 is 3.44. The zero-order valence-electron chi connectivity index (χ0n) is 15.5. The van der Waals surface area contributed by atoms with Crippen molar-refractivity contribution >= 4 is 34.0 Å². The average Bonchev–Trinajstić information content (AvgIpc) is 2.59. The molecule has 0 amide bonds. The zero-order valence-corrected chi connectivity index (χ0v) is 18.9. The Morgan fingerprint density at radius 3 is 2.15 bits per heavy atom. The molecule has 0 bridgehead atoms. The van der Waals surface area contributed by atoms with E-state index in [1.807, 2.05) is 30.3 Å². The predicted octanol–water partition coefficient (Wildman–Crippen LogP) is 4.73. The number of hydrogen-bond acceptors (Lipinski definition) is 2. The Morgan fingerprint density at radius 1 is 1.04 bits per heavy atom. The molecule has 0 fully saturated rings. The monoisotopic (exact) mass is 449 g/mol. The van der Waals surface area contributed by atoms with Crippen molar-refractivity contribution in [3.63, 3.8) is 0 Å². The van der Waals surface area contributed by atoms with Gasteiger partial charge >= 0.3 is 0 Å². The molecule has 0 aliphatic carbocycles. The molecule has 0 spiro atoms. The Kier molecular flexibility index (Phi) is 6.86. The van der Waals surface area contributed by atoms with Crippen molar-refractivity contribution in [2.75, 3.05) is 13.6 Å². The van der Waals surface area contributed by atoms with Gasteiger partial charge < -0.3 is 0 Å². The van der Waals surface area contributed by atoms with Crippen molar-refractivity contribution < 1.29 is 8.42 Å². The van der Waals surface area contributed by atoms with Crippen LogP contribution in [0.3, 0.4) is 0 Å². The summed E-state index contributed by atoms with van der Waals surface area (Å²) < 4.78 is 28.1. The fraction of sp³-hybridized carbons (Fsp3) is 0.300. The predicted molar refractivity (Wildman–Crippen MR) is 114 cm³/mol. The molecule has 26 heavy (non-hydrogen) atoms. The third-order valence-corrected chi connectivity index (χ3v) is 7.05. The van der Waals surface area contributed by atoms with Crippen LogP contribution < -0.4 is 0 Å². The van der Waals surface area contributed by atoms with Gasteiger partial charge in [0.25, 0.3) is 0 Å². The minimum Gasteiger partial charge on any atom is -0.207 e. The van der Waals surface area contributed by atoms with E-state index in [1.165, 1.54) is 4.31 Å². The van der Waals surface area contributed by atoms with E-state index in [4.69, 9.17) is 0 Å². The van der Waals surface area contributed by atoms with Crippen LogP contribution in [0.2, 0.25) is 19.6 Å². The minimum absolute atomic E-state index is 0.168. The largest absolute Gasteiger partial charge is 0.242 e. The summed E-state index contributed by atoms with van der Waals surface area (Å²) in [5, 5.41) is 0. The van der Waals surface area contributed by atoms with E-state index in [2.05, 4.69) is 47.0 Å². The first-order valence-electron chi connectivity index (χ1n) is 8.39. The van der Waals surface area contributed by atoms with Gasteiger partial charge in [-0.15, -0.1) is 11.5 Å². The lowest BCUT2D eigenvalue weighted by Gasteiger charge is -2.21. The first kappa shape index (κ1) is 20.9. The third kappa shape index (κ3) is 5.81. The molecule has 0 aliphatic heterocycles. The van der Waals surface area contributed by atoms with Crippen LogP contribution >= 0.6 is 15.9 Å². The molecule has 0 unspecified atom stereocenters. The van der Waals surface area contributed by atoms with E-state index in [1.54, 1.807) is 31.3 Å². The molecule has 0 saturated heterocycles. The van der Waals surface area contributed by atoms with Crippen molar-refractivity contribution in [1.82, 2.24) is 4.31 Å². The molecule has 0 radical (unpaired) electrons. The molecule has 1 atom stereocenters. The van der Waals surface area contributed by atoms with Crippen LogP contribution in [0.4, 0.5) is 0 Å². The van der Waals surface area contributed by atoms with Crippen molar-refractivity contribution in [3.05, 3.63) is 64.6 Å². The van der Waals surface area contributed by atoms with Crippen LogP contribution in [0.1, 0.15) is 11.5 Å². The Balaban J connectivity index is 2.34. The summed E-state index contributed by atoms with van der Waals surface area (Å²) in [4.78, 5) is 0.301. The van der Waals surface area contributed by atoms with Crippen LogP contribution in [0.25, 0.3) is 0 Å². The smallest absolute Gasteiger partial charge is 0.207 e. The fourth-order valence-corrected chi connectivity index (χ4v) is 4.44. The second-order valence-electron chi connectivity index (χ2n) is 7.22. The summed E-state index contributed by atoms with van der Waals surface area (Å²) in [7, 11) is -3.48. The Hall–Kier alpha value is -1.39. The van der Waals surface area contributed by atoms with Gasteiger partial charge in [-0.1, -0.05) is 65.9 Å². The number of benzene rings is 2. The lowest BCUT2D eigenvalue weighted by molar-refractivity contribution is 0.461. The molecule has 138 valence electrons. The molecule has 6 heteroatoms. The highest BCUT2D eigenvalue weighted by molar-refractivity contribution is 9.10. The Labute approximate surface area is 166 Å². The van der Waals surface area contributed by atoms with Gasteiger partial charge in [0.15, 0.2) is 0 Å². The van der Waals surface area contributed by atoms with E-state index in [-0.39, 0.29) is 5.92 Å². The van der Waals surface area contributed by atoms with Gasteiger partial charge in [0.1, 0.15) is 8.07 Å². The first-order chi connectivity index (χ1) is 12.1. The van der Waals surface area contributed by atoms with Gasteiger partial charge in [-0.3, -0.25) is 0 Å². The summed E-state index contributed by atoms with van der Waals surface area (Å²) in [6.07, 6.45) is 0. The summed E-state index contributed by atoms with van der Waals surface area (Å²) in [6.45, 7) is 6.87. The van der Waals surface area contributed by atoms with Crippen molar-refractivity contribution in [3.8, 4) is 11.5 Å². The first-order valence-corrected chi connectivity index (χ1v) is 14.1. The van der Waals surface area contributed by atoms with Crippen LogP contribution in [0, 0.1) is 11.5 Å². The second kappa shape index (κ2) is 8.53. The van der Waals surface area contributed by atoms with Gasteiger partial charge in [-0.05, 0) is 29.8 Å². The molecule has 2 aromatic carbocycles. The maximum Gasteiger partial charge on any atom is 0.242 e. The van der Waals surface area contributed by atoms with Crippen molar-refractivity contribution in [2.24, 2.45) is 0 Å². The molecule has 0 aliphatic rings. The van der Waals surface area contributed by atoms with E-state index < -0.39 is 18.1 Å². The van der Waals surface area contributed by atoms with Gasteiger partial charge in [-0.2, -0.15) is 4.31 Å². The topological polar surface area (TPSA) is 37.4 Å². The number of rotatable bonds is 5. The number of nitrogens with zero attached hydrogens (tertiary/aromatic N) is 1. The molecular formula is C20H24BrNO2SSi. The summed E-state index contributed by atoms with van der Waals surface area (Å²) in [6, 6.07) is 16.4. The molecule has 0 aromatic heterocycles. The minimum atomic E-state index is -3.54. The highest BCUT2D eigenvalue weighted by Gasteiger charge is 2.24. The van der Waals surface area contributed by atoms with Gasteiger partial charge in [0, 0.05) is 18.1 Å². The van der Waals surface area contributed by atoms with Crippen LogP contribution in [0.5, 0.6) is 0 Å². The summed E-state index contributed by atoms with van der Waals surface area (Å²) in [5.74, 6) is 3.17. The van der Waals surface area contributed by atoms with Crippen molar-refractivity contribution in [1.29, 1.82) is 0 Å². The highest BCUT2D eigenvalue weighted by atomic mass is 79.9. The van der Waals surface area contributed by atoms with Crippen molar-refractivity contribution in [2.45, 2.75) is 30.5 Å². The lowest BCUT2D eigenvalue weighted by Crippen LogP contribution is -2.31. The quantitative estimate of drug-likeness (QED) is 0.488. The summed E-state index contributed by atoms with van der Waals surface area (Å²) in [5.41, 5.74) is 4.41. The molecule has 0 N–H and O–H groups in total. The molecule has 0 saturated carbocycles. The van der Waals surface area contributed by atoms with Crippen LogP contribution in [-0.2, 0) is 10.0 Å². The highest BCUT2D eigenvalue weighted by Crippen LogP contribution is 2.22. The maximum absolute atomic E-state index is 12.8. The average molecular weight is 450 g/mol. The second-order valence-corrected chi connectivity index (χ2v) is 14.9. The molecule has 3 nitrogen and oxygen atoms in total. The molecule has 2 aromatic rings. The Morgan fingerprint density at radius 2 is 1.62 bits per heavy atom. The standard InChI is InChI=1S/C20H24BrNO2SSi/c1-22(25(23,24)20-8-6-5-7-9-20)16-18(14-15-26(2,3)4)17-10-12-19(21)13-11-17/h5-13,18H,16H2,1-4H3/t18-/m0/s1. The Bertz CT molecular complexity index is 895.